The monoisotopic (exact) mass is 288 g/mol. The van der Waals surface area contributed by atoms with Gasteiger partial charge in [-0.05, 0) is 51.0 Å². The largest absolute Gasteiger partial charge is 0.0819 e. The van der Waals surface area contributed by atoms with Crippen LogP contribution in [0.4, 0.5) is 0 Å². The van der Waals surface area contributed by atoms with Crippen molar-refractivity contribution < 1.29 is 0 Å². The van der Waals surface area contributed by atoms with Gasteiger partial charge in [-0.1, -0.05) is 39.8 Å². The van der Waals surface area contributed by atoms with Crippen LogP contribution in [0.15, 0.2) is 22.8 Å². The molecule has 0 spiro atoms. The quantitative estimate of drug-likeness (QED) is 0.526. The maximum absolute atomic E-state index is 2.57. The summed E-state index contributed by atoms with van der Waals surface area (Å²) in [6, 6.07) is 0. The first-order valence-corrected chi connectivity index (χ1v) is 6.44. The second-order valence-electron chi connectivity index (χ2n) is 4.41. The van der Waals surface area contributed by atoms with Gasteiger partial charge in [-0.3, -0.25) is 0 Å². The Kier molecular flexibility index (Phi) is 2.82. The Morgan fingerprint density at radius 3 is 2.62 bits per heavy atom. The minimum Gasteiger partial charge on any atom is -0.0819 e. The first kappa shape index (κ1) is 9.75. The lowest BCUT2D eigenvalue weighted by molar-refractivity contribution is 0.896. The predicted octanol–water partition coefficient (Wildman–Crippen LogP) is 4.26. The van der Waals surface area contributed by atoms with Crippen molar-refractivity contribution in [1.82, 2.24) is 0 Å². The van der Waals surface area contributed by atoms with Gasteiger partial charge in [0.25, 0.3) is 0 Å². The summed E-state index contributed by atoms with van der Waals surface area (Å²) in [6.45, 7) is 4.60. The SMILES string of the molecule is CC1=C(/C=C(\C)C2C[C@H]2I)CCC1. The van der Waals surface area contributed by atoms with Gasteiger partial charge in [0.05, 0.1) is 0 Å². The van der Waals surface area contributed by atoms with Crippen LogP contribution in [-0.4, -0.2) is 3.92 Å². The standard InChI is InChI=1S/C12H17I/c1-8-4-3-5-10(8)6-9(2)11-7-12(11)13/h6,11-12H,3-5,7H2,1-2H3/b9-6+/t11?,12-/m1/s1. The van der Waals surface area contributed by atoms with Gasteiger partial charge in [0.15, 0.2) is 0 Å². The van der Waals surface area contributed by atoms with Crippen molar-refractivity contribution >= 4 is 22.6 Å². The van der Waals surface area contributed by atoms with Crippen molar-refractivity contribution in [1.29, 1.82) is 0 Å². The maximum atomic E-state index is 2.57. The van der Waals surface area contributed by atoms with Gasteiger partial charge < -0.3 is 0 Å². The van der Waals surface area contributed by atoms with Gasteiger partial charge >= 0.3 is 0 Å². The Morgan fingerprint density at radius 2 is 2.15 bits per heavy atom. The number of halogens is 1. The van der Waals surface area contributed by atoms with E-state index in [1.165, 1.54) is 25.7 Å². The van der Waals surface area contributed by atoms with Crippen molar-refractivity contribution in [2.24, 2.45) is 5.92 Å². The summed E-state index contributed by atoms with van der Waals surface area (Å²) in [6.07, 6.45) is 7.91. The molecular weight excluding hydrogens is 271 g/mol. The fourth-order valence-electron chi connectivity index (χ4n) is 2.13. The third kappa shape index (κ3) is 2.17. The van der Waals surface area contributed by atoms with E-state index < -0.39 is 0 Å². The molecule has 1 fully saturated rings. The molecule has 0 aromatic rings. The van der Waals surface area contributed by atoms with E-state index in [2.05, 4.69) is 42.5 Å². The maximum Gasteiger partial charge on any atom is 0.0181 e. The number of hydrogen-bond acceptors (Lipinski definition) is 0. The second-order valence-corrected chi connectivity index (χ2v) is 6.01. The Morgan fingerprint density at radius 1 is 1.46 bits per heavy atom. The summed E-state index contributed by atoms with van der Waals surface area (Å²) >= 11 is 2.57. The van der Waals surface area contributed by atoms with Crippen LogP contribution in [-0.2, 0) is 0 Å². The Labute approximate surface area is 94.6 Å². The average Bonchev–Trinajstić information content (AvgIpc) is 2.68. The molecule has 2 aliphatic rings. The van der Waals surface area contributed by atoms with Gasteiger partial charge in [0.2, 0.25) is 0 Å². The topological polar surface area (TPSA) is 0 Å². The molecule has 1 unspecified atom stereocenters. The molecule has 13 heavy (non-hydrogen) atoms. The highest BCUT2D eigenvalue weighted by Gasteiger charge is 2.35. The average molecular weight is 288 g/mol. The molecule has 0 nitrogen and oxygen atoms in total. The molecule has 0 aliphatic heterocycles. The minimum absolute atomic E-state index is 0.904. The molecule has 0 N–H and O–H groups in total. The van der Waals surface area contributed by atoms with Gasteiger partial charge in [-0.15, -0.1) is 0 Å². The summed E-state index contributed by atoms with van der Waals surface area (Å²) in [5, 5.41) is 0. The Balaban J connectivity index is 2.06. The number of alkyl halides is 1. The third-order valence-electron chi connectivity index (χ3n) is 3.25. The molecular formula is C12H17I. The first-order valence-electron chi connectivity index (χ1n) is 5.19. The van der Waals surface area contributed by atoms with E-state index in [0.717, 1.165) is 9.84 Å². The number of hydrogen-bond donors (Lipinski definition) is 0. The van der Waals surface area contributed by atoms with Gasteiger partial charge in [-0.2, -0.15) is 0 Å². The number of allylic oxidation sites excluding steroid dienone is 4. The summed E-state index contributed by atoms with van der Waals surface area (Å²) in [7, 11) is 0. The molecule has 2 aliphatic carbocycles. The summed E-state index contributed by atoms with van der Waals surface area (Å²) in [5.41, 5.74) is 4.88. The van der Waals surface area contributed by atoms with Crippen LogP contribution < -0.4 is 0 Å². The van der Waals surface area contributed by atoms with Crippen LogP contribution in [0.2, 0.25) is 0 Å². The second kappa shape index (κ2) is 3.76. The van der Waals surface area contributed by atoms with Crippen LogP contribution in [0.25, 0.3) is 0 Å². The third-order valence-corrected chi connectivity index (χ3v) is 4.62. The predicted molar refractivity (Wildman–Crippen MR) is 66.2 cm³/mol. The molecule has 0 aromatic carbocycles. The zero-order chi connectivity index (χ0) is 9.42. The van der Waals surface area contributed by atoms with Crippen molar-refractivity contribution in [2.75, 3.05) is 0 Å². The fourth-order valence-corrected chi connectivity index (χ4v) is 3.25. The van der Waals surface area contributed by atoms with Crippen LogP contribution >= 0.6 is 22.6 Å². The first-order chi connectivity index (χ1) is 6.18. The van der Waals surface area contributed by atoms with E-state index in [-0.39, 0.29) is 0 Å². The highest BCUT2D eigenvalue weighted by Crippen LogP contribution is 2.44. The van der Waals surface area contributed by atoms with Crippen molar-refractivity contribution in [3.05, 3.63) is 22.8 Å². The summed E-state index contributed by atoms with van der Waals surface area (Å²) in [5.74, 6) is 0.904. The summed E-state index contributed by atoms with van der Waals surface area (Å²) in [4.78, 5) is 0. The van der Waals surface area contributed by atoms with E-state index in [4.69, 9.17) is 0 Å². The highest BCUT2D eigenvalue weighted by molar-refractivity contribution is 14.1. The van der Waals surface area contributed by atoms with Gasteiger partial charge in [0.1, 0.15) is 0 Å². The summed E-state index contributed by atoms with van der Waals surface area (Å²) < 4.78 is 0.927. The lowest BCUT2D eigenvalue weighted by Crippen LogP contribution is -1.84. The molecule has 0 aromatic heterocycles. The van der Waals surface area contributed by atoms with Crippen LogP contribution in [0.5, 0.6) is 0 Å². The van der Waals surface area contributed by atoms with Crippen molar-refractivity contribution in [2.45, 2.75) is 43.5 Å². The van der Waals surface area contributed by atoms with Crippen LogP contribution in [0, 0.1) is 5.92 Å². The van der Waals surface area contributed by atoms with E-state index in [1.807, 2.05) is 0 Å². The van der Waals surface area contributed by atoms with E-state index >= 15 is 0 Å². The molecule has 72 valence electrons. The van der Waals surface area contributed by atoms with E-state index in [1.54, 1.807) is 16.7 Å². The molecule has 1 heteroatoms. The van der Waals surface area contributed by atoms with Gasteiger partial charge in [-0.25, -0.2) is 0 Å². The molecule has 0 heterocycles. The highest BCUT2D eigenvalue weighted by atomic mass is 127. The molecule has 1 saturated carbocycles. The zero-order valence-corrected chi connectivity index (χ0v) is 10.6. The lowest BCUT2D eigenvalue weighted by Gasteiger charge is -2.00. The molecule has 0 amide bonds. The minimum atomic E-state index is 0.904. The fraction of sp³-hybridized carbons (Fsp3) is 0.667. The zero-order valence-electron chi connectivity index (χ0n) is 8.44. The Hall–Kier alpha value is 0.210. The normalized spacial score (nSPS) is 34.2. The van der Waals surface area contributed by atoms with E-state index in [9.17, 15) is 0 Å². The number of rotatable bonds is 2. The van der Waals surface area contributed by atoms with Crippen LogP contribution in [0.1, 0.15) is 39.5 Å². The lowest BCUT2D eigenvalue weighted by atomic mass is 10.1. The smallest absolute Gasteiger partial charge is 0.0181 e. The van der Waals surface area contributed by atoms with Crippen molar-refractivity contribution in [3.8, 4) is 0 Å². The molecule has 0 radical (unpaired) electrons. The molecule has 0 bridgehead atoms. The van der Waals surface area contributed by atoms with Gasteiger partial charge in [0, 0.05) is 3.92 Å². The molecule has 2 rings (SSSR count). The molecule has 0 saturated heterocycles. The van der Waals surface area contributed by atoms with Crippen LogP contribution in [0.3, 0.4) is 0 Å². The van der Waals surface area contributed by atoms with E-state index in [0.29, 0.717) is 0 Å². The Bertz CT molecular complexity index is 273. The molecule has 2 atom stereocenters. The van der Waals surface area contributed by atoms with Crippen molar-refractivity contribution in [3.63, 3.8) is 0 Å².